The number of hydrogen-bond donors (Lipinski definition) is 2. The van der Waals surface area contributed by atoms with Crippen molar-refractivity contribution in [1.82, 2.24) is 49.3 Å². The second-order valence-electron chi connectivity index (χ2n) is 16.1. The van der Waals surface area contributed by atoms with Crippen molar-refractivity contribution in [2.45, 2.75) is 97.2 Å². The third kappa shape index (κ3) is 7.12. The van der Waals surface area contributed by atoms with Crippen LogP contribution < -0.4 is 20.9 Å². The van der Waals surface area contributed by atoms with E-state index in [1.54, 1.807) is 23.6 Å². The van der Waals surface area contributed by atoms with Crippen LogP contribution in [0.3, 0.4) is 0 Å². The van der Waals surface area contributed by atoms with E-state index >= 15 is 0 Å². The van der Waals surface area contributed by atoms with E-state index in [0.717, 1.165) is 35.8 Å². The minimum Gasteiger partial charge on any atom is -0.446 e. The van der Waals surface area contributed by atoms with Crippen molar-refractivity contribution in [3.63, 3.8) is 0 Å². The summed E-state index contributed by atoms with van der Waals surface area (Å²) in [4.78, 5) is 72.2. The molecule has 60 heavy (non-hydrogen) atoms. The van der Waals surface area contributed by atoms with E-state index in [1.165, 1.54) is 25.3 Å². The average molecular weight is 825 g/mol. The number of fused-ring (bicyclic) bond motifs is 4. The molecule has 2 aliphatic heterocycles. The van der Waals surface area contributed by atoms with E-state index in [0.29, 0.717) is 99.4 Å². The van der Waals surface area contributed by atoms with Gasteiger partial charge >= 0.3 is 0 Å². The Hall–Kier alpha value is -6.60. The normalized spacial score (nSPS) is 17.0. The smallest absolute Gasteiger partial charge is 0.259 e. The Morgan fingerprint density at radius 3 is 1.73 bits per heavy atom. The third-order valence-corrected chi connectivity index (χ3v) is 11.7. The molecule has 2 N–H and O–H groups in total. The molecule has 20 heteroatoms. The molecule has 10 rings (SSSR count). The van der Waals surface area contributed by atoms with Gasteiger partial charge < -0.3 is 34.0 Å². The predicted octanol–water partition coefficient (Wildman–Crippen LogP) is 4.97. The third-order valence-electron chi connectivity index (χ3n) is 11.7. The topological polar surface area (TPSA) is 212 Å². The Bertz CT molecular complexity index is 2740. The number of hydrogen-bond acceptors (Lipinski definition) is 15. The number of carbonyl (C=O) groups excluding carboxylic acids is 2. The maximum Gasteiger partial charge on any atom is 0.259 e. The number of ether oxygens (including phenoxy) is 1. The Kier molecular flexibility index (Phi) is 9.66. The highest BCUT2D eigenvalue weighted by Crippen LogP contribution is 2.42. The highest BCUT2D eigenvalue weighted by atomic mass is 19.1. The van der Waals surface area contributed by atoms with E-state index in [2.05, 4.69) is 59.4 Å². The molecule has 2 fully saturated rings. The van der Waals surface area contributed by atoms with Crippen LogP contribution in [0, 0.1) is 13.8 Å². The van der Waals surface area contributed by atoms with Gasteiger partial charge in [0.05, 0.1) is 46.4 Å². The molecular formula is C40H42F2N12O6. The molecule has 0 unspecified atom stereocenters. The molecule has 8 heterocycles. The van der Waals surface area contributed by atoms with Crippen LogP contribution in [0.4, 0.5) is 20.4 Å². The molecular weight excluding hydrogens is 783 g/mol. The number of anilines is 2. The summed E-state index contributed by atoms with van der Waals surface area (Å²) < 4.78 is 43.0. The summed E-state index contributed by atoms with van der Waals surface area (Å²) in [5, 5.41) is 8.01. The minimum atomic E-state index is -0.957. The fourth-order valence-corrected chi connectivity index (χ4v) is 7.70. The van der Waals surface area contributed by atoms with E-state index in [1.807, 2.05) is 0 Å². The summed E-state index contributed by atoms with van der Waals surface area (Å²) in [6.07, 6.45) is 10.3. The number of rotatable bonds is 9. The SMILES string of the molecule is Cc1oc2ncnc(NC3(C)CC3)c2c1C(=O)N1CCc2c(ncn(CF)c2=O)C1.Cc1oc2ncnc(NC3(C)CC3)c2c1C(=O)N1CCc2c(ncnc2OCF)C1. The fraction of sp³-hybridized carbons (Fsp3) is 0.450. The molecule has 6 aromatic rings. The molecule has 0 saturated heterocycles. The van der Waals surface area contributed by atoms with E-state index in [4.69, 9.17) is 13.6 Å². The molecule has 0 aromatic carbocycles. The first kappa shape index (κ1) is 38.9. The molecule has 6 aromatic heterocycles. The molecule has 2 saturated carbocycles. The number of halogens is 2. The van der Waals surface area contributed by atoms with Crippen LogP contribution in [-0.4, -0.2) is 92.1 Å². The average Bonchev–Trinajstić information content (AvgIpc) is 4.09. The molecule has 2 amide bonds. The first-order valence-corrected chi connectivity index (χ1v) is 19.7. The van der Waals surface area contributed by atoms with Gasteiger partial charge in [-0.1, -0.05) is 0 Å². The highest BCUT2D eigenvalue weighted by molar-refractivity contribution is 6.11. The molecule has 0 atom stereocenters. The van der Waals surface area contributed by atoms with Gasteiger partial charge in [0, 0.05) is 35.3 Å². The highest BCUT2D eigenvalue weighted by Gasteiger charge is 2.40. The van der Waals surface area contributed by atoms with Crippen molar-refractivity contribution < 1.29 is 31.9 Å². The Morgan fingerprint density at radius 2 is 1.23 bits per heavy atom. The summed E-state index contributed by atoms with van der Waals surface area (Å²) >= 11 is 0. The van der Waals surface area contributed by atoms with Crippen LogP contribution in [0.1, 0.15) is 94.3 Å². The van der Waals surface area contributed by atoms with Gasteiger partial charge in [0.2, 0.25) is 24.2 Å². The van der Waals surface area contributed by atoms with Crippen LogP contribution in [-0.2, 0) is 32.7 Å². The van der Waals surface area contributed by atoms with E-state index < -0.39 is 19.2 Å². The Labute approximate surface area is 340 Å². The number of furan rings is 2. The quantitative estimate of drug-likeness (QED) is 0.197. The fourth-order valence-electron chi connectivity index (χ4n) is 7.70. The number of carbonyl (C=O) groups is 2. The van der Waals surface area contributed by atoms with E-state index in [9.17, 15) is 23.2 Å². The lowest BCUT2D eigenvalue weighted by Gasteiger charge is -2.28. The first-order chi connectivity index (χ1) is 28.9. The lowest BCUT2D eigenvalue weighted by atomic mass is 10.0. The maximum atomic E-state index is 13.5. The summed E-state index contributed by atoms with van der Waals surface area (Å²) in [5.74, 6) is 1.98. The van der Waals surface area contributed by atoms with Gasteiger partial charge in [-0.2, -0.15) is 0 Å². The zero-order valence-corrected chi connectivity index (χ0v) is 33.5. The number of nitrogens with zero attached hydrogens (tertiary/aromatic N) is 10. The number of amides is 2. The molecule has 0 radical (unpaired) electrons. The largest absolute Gasteiger partial charge is 0.446 e. The van der Waals surface area contributed by atoms with Crippen LogP contribution >= 0.6 is 0 Å². The number of aryl methyl sites for hydroxylation is 2. The first-order valence-electron chi connectivity index (χ1n) is 19.7. The van der Waals surface area contributed by atoms with Crippen molar-refractivity contribution in [3.8, 4) is 5.88 Å². The van der Waals surface area contributed by atoms with Crippen molar-refractivity contribution in [1.29, 1.82) is 0 Å². The standard InChI is InChI=1S/2C20H21FN6O3/c1-11-14(15-16(25-20(2)4-5-20)22-9-23-17(15)30-11)19(29)26-6-3-12-13(7-26)24-10-27(8-21)18(12)28;1-11-14(15-16(26-20(2)4-5-20)23-10-25-18(15)30-11)19(28)27-6-3-12-13(7-27)22-9-24-17(12)29-8-21/h9-10H,3-8H2,1-2H3,(H,22,23,25);9-10H,3-8H2,1-2H3,(H,23,25,26). The number of aromatic nitrogens is 8. The second-order valence-corrected chi connectivity index (χ2v) is 16.1. The monoisotopic (exact) mass is 824 g/mol. The zero-order valence-electron chi connectivity index (χ0n) is 33.5. The van der Waals surface area contributed by atoms with Crippen molar-refractivity contribution >= 4 is 45.6 Å². The molecule has 312 valence electrons. The summed E-state index contributed by atoms with van der Waals surface area (Å²) in [6, 6.07) is 0. The van der Waals surface area contributed by atoms with Gasteiger partial charge in [-0.25, -0.2) is 43.7 Å². The Balaban J connectivity index is 0.000000154. The van der Waals surface area contributed by atoms with Gasteiger partial charge in [0.15, 0.2) is 6.80 Å². The summed E-state index contributed by atoms with van der Waals surface area (Å²) in [7, 11) is 0. The van der Waals surface area contributed by atoms with Crippen LogP contribution in [0.2, 0.25) is 0 Å². The van der Waals surface area contributed by atoms with Crippen molar-refractivity contribution in [2.75, 3.05) is 30.6 Å². The van der Waals surface area contributed by atoms with Crippen LogP contribution in [0.15, 0.2) is 38.9 Å². The van der Waals surface area contributed by atoms with Crippen molar-refractivity contribution in [3.05, 3.63) is 80.8 Å². The lowest BCUT2D eigenvalue weighted by molar-refractivity contribution is 0.0722. The van der Waals surface area contributed by atoms with Crippen LogP contribution in [0.5, 0.6) is 5.88 Å². The Morgan fingerprint density at radius 1 is 0.733 bits per heavy atom. The maximum absolute atomic E-state index is 13.5. The molecule has 18 nitrogen and oxygen atoms in total. The van der Waals surface area contributed by atoms with Gasteiger partial charge in [-0.15, -0.1) is 0 Å². The second kappa shape index (κ2) is 14.9. The summed E-state index contributed by atoms with van der Waals surface area (Å²) in [5.41, 5.74) is 3.52. The number of nitrogens with one attached hydrogen (secondary N) is 2. The molecule has 4 aliphatic rings. The lowest BCUT2D eigenvalue weighted by Crippen LogP contribution is -2.40. The number of alkyl halides is 2. The van der Waals surface area contributed by atoms with E-state index in [-0.39, 0.29) is 41.9 Å². The van der Waals surface area contributed by atoms with Gasteiger partial charge in [-0.3, -0.25) is 19.0 Å². The zero-order chi connectivity index (χ0) is 41.9. The predicted molar refractivity (Wildman–Crippen MR) is 211 cm³/mol. The van der Waals surface area contributed by atoms with Gasteiger partial charge in [0.25, 0.3) is 17.4 Å². The van der Waals surface area contributed by atoms with Crippen molar-refractivity contribution in [2.24, 2.45) is 0 Å². The molecule has 0 bridgehead atoms. The summed E-state index contributed by atoms with van der Waals surface area (Å²) in [6.45, 7) is 7.05. The van der Waals surface area contributed by atoms with Gasteiger partial charge in [-0.05, 0) is 66.2 Å². The molecule has 0 spiro atoms. The molecule has 2 aliphatic carbocycles. The minimum absolute atomic E-state index is 0.0133. The van der Waals surface area contributed by atoms with Crippen LogP contribution in [0.25, 0.3) is 22.2 Å². The van der Waals surface area contributed by atoms with Gasteiger partial charge in [0.1, 0.15) is 48.5 Å².